The molecule has 0 radical (unpaired) electrons. The van der Waals surface area contributed by atoms with E-state index in [4.69, 9.17) is 4.74 Å². The molecule has 0 bridgehead atoms. The minimum atomic E-state index is 0.272. The van der Waals surface area contributed by atoms with Crippen LogP contribution in [0.15, 0.2) is 54.6 Å². The maximum atomic E-state index is 11.9. The minimum absolute atomic E-state index is 0.272. The Morgan fingerprint density at radius 1 is 0.947 bits per heavy atom. The van der Waals surface area contributed by atoms with Gasteiger partial charge in [-0.2, -0.15) is 0 Å². The highest BCUT2D eigenvalue weighted by Crippen LogP contribution is 2.13. The van der Waals surface area contributed by atoms with Gasteiger partial charge in [0.2, 0.25) is 0 Å². The number of rotatable bonds is 6. The molecule has 2 heteroatoms. The van der Waals surface area contributed by atoms with Crippen LogP contribution in [0.25, 0.3) is 0 Å². The second kappa shape index (κ2) is 6.74. The van der Waals surface area contributed by atoms with Crippen LogP contribution in [0.3, 0.4) is 0 Å². The van der Waals surface area contributed by atoms with E-state index in [9.17, 15) is 4.79 Å². The lowest BCUT2D eigenvalue weighted by atomic mass is 10.0. The molecule has 2 nitrogen and oxygen atoms in total. The molecule has 0 aromatic heterocycles. The first-order valence-corrected chi connectivity index (χ1v) is 6.46. The standard InChI is InChI=1S/C17H18O2/c1-19-17-11-8-15(9-12-17)13-16(18)10-7-14-5-3-2-4-6-14/h2-6,8-9,11-12H,7,10,13H2,1H3. The highest BCUT2D eigenvalue weighted by atomic mass is 16.5. The van der Waals surface area contributed by atoms with Crippen molar-refractivity contribution < 1.29 is 9.53 Å². The number of ether oxygens (including phenoxy) is 1. The highest BCUT2D eigenvalue weighted by Gasteiger charge is 2.04. The van der Waals surface area contributed by atoms with Gasteiger partial charge in [0.1, 0.15) is 11.5 Å². The number of ketones is 1. The average molecular weight is 254 g/mol. The smallest absolute Gasteiger partial charge is 0.137 e. The van der Waals surface area contributed by atoms with Crippen molar-refractivity contribution in [2.24, 2.45) is 0 Å². The van der Waals surface area contributed by atoms with Gasteiger partial charge in [0.15, 0.2) is 0 Å². The van der Waals surface area contributed by atoms with Crippen molar-refractivity contribution in [1.82, 2.24) is 0 Å². The Balaban J connectivity index is 1.83. The zero-order valence-electron chi connectivity index (χ0n) is 11.1. The third-order valence-electron chi connectivity index (χ3n) is 3.10. The fourth-order valence-electron chi connectivity index (χ4n) is 1.99. The van der Waals surface area contributed by atoms with E-state index in [-0.39, 0.29) is 5.78 Å². The molecule has 0 atom stereocenters. The molecule has 2 rings (SSSR count). The van der Waals surface area contributed by atoms with Gasteiger partial charge in [-0.1, -0.05) is 42.5 Å². The first-order chi connectivity index (χ1) is 9.28. The maximum absolute atomic E-state index is 11.9. The van der Waals surface area contributed by atoms with E-state index in [2.05, 4.69) is 12.1 Å². The Morgan fingerprint density at radius 3 is 2.26 bits per heavy atom. The van der Waals surface area contributed by atoms with Crippen molar-refractivity contribution >= 4 is 5.78 Å². The lowest BCUT2D eigenvalue weighted by molar-refractivity contribution is -0.118. The van der Waals surface area contributed by atoms with E-state index in [1.807, 2.05) is 42.5 Å². The van der Waals surface area contributed by atoms with Crippen LogP contribution in [0.5, 0.6) is 5.75 Å². The molecule has 2 aromatic rings. The van der Waals surface area contributed by atoms with Gasteiger partial charge in [0.25, 0.3) is 0 Å². The Morgan fingerprint density at radius 2 is 1.63 bits per heavy atom. The van der Waals surface area contributed by atoms with Crippen LogP contribution in [0.4, 0.5) is 0 Å². The van der Waals surface area contributed by atoms with Crippen molar-refractivity contribution in [2.75, 3.05) is 7.11 Å². The van der Waals surface area contributed by atoms with Crippen LogP contribution in [-0.4, -0.2) is 12.9 Å². The van der Waals surface area contributed by atoms with Gasteiger partial charge >= 0.3 is 0 Å². The van der Waals surface area contributed by atoms with Crippen molar-refractivity contribution in [2.45, 2.75) is 19.3 Å². The van der Waals surface area contributed by atoms with Gasteiger partial charge in [-0.05, 0) is 29.7 Å². The normalized spacial score (nSPS) is 10.2. The molecule has 0 aliphatic rings. The van der Waals surface area contributed by atoms with Crippen molar-refractivity contribution in [3.8, 4) is 5.75 Å². The Bertz CT molecular complexity index is 515. The number of methoxy groups -OCH3 is 1. The molecule has 0 fully saturated rings. The molecular formula is C17H18O2. The molecule has 2 aromatic carbocycles. The first kappa shape index (κ1) is 13.3. The molecule has 19 heavy (non-hydrogen) atoms. The maximum Gasteiger partial charge on any atom is 0.137 e. The third-order valence-corrected chi connectivity index (χ3v) is 3.10. The van der Waals surface area contributed by atoms with Crippen LogP contribution < -0.4 is 4.74 Å². The molecular weight excluding hydrogens is 236 g/mol. The predicted molar refractivity (Wildman–Crippen MR) is 76.5 cm³/mol. The molecule has 0 N–H and O–H groups in total. The Kier molecular flexibility index (Phi) is 4.73. The van der Waals surface area contributed by atoms with E-state index in [0.717, 1.165) is 17.7 Å². The minimum Gasteiger partial charge on any atom is -0.497 e. The van der Waals surface area contributed by atoms with E-state index >= 15 is 0 Å². The van der Waals surface area contributed by atoms with Gasteiger partial charge in [0, 0.05) is 12.8 Å². The average Bonchev–Trinajstić information content (AvgIpc) is 2.47. The zero-order chi connectivity index (χ0) is 13.5. The number of carbonyl (C=O) groups excluding carboxylic acids is 1. The predicted octanol–water partition coefficient (Wildman–Crippen LogP) is 3.44. The summed E-state index contributed by atoms with van der Waals surface area (Å²) in [7, 11) is 1.64. The summed E-state index contributed by atoms with van der Waals surface area (Å²) in [5.74, 6) is 1.09. The summed E-state index contributed by atoms with van der Waals surface area (Å²) in [6.45, 7) is 0. The molecule has 0 amide bonds. The molecule has 0 aliphatic heterocycles. The van der Waals surface area contributed by atoms with E-state index in [0.29, 0.717) is 12.8 Å². The highest BCUT2D eigenvalue weighted by molar-refractivity contribution is 5.81. The zero-order valence-corrected chi connectivity index (χ0v) is 11.1. The number of hydrogen-bond acceptors (Lipinski definition) is 2. The molecule has 0 aliphatic carbocycles. The molecule has 0 spiro atoms. The van der Waals surface area contributed by atoms with E-state index in [1.54, 1.807) is 7.11 Å². The molecule has 0 saturated heterocycles. The number of hydrogen-bond donors (Lipinski definition) is 0. The topological polar surface area (TPSA) is 26.3 Å². The molecule has 0 unspecified atom stereocenters. The summed E-state index contributed by atoms with van der Waals surface area (Å²) in [4.78, 5) is 11.9. The van der Waals surface area contributed by atoms with Crippen LogP contribution in [0, 0.1) is 0 Å². The van der Waals surface area contributed by atoms with Crippen LogP contribution >= 0.6 is 0 Å². The fourth-order valence-corrected chi connectivity index (χ4v) is 1.99. The summed E-state index contributed by atoms with van der Waals surface area (Å²) in [5.41, 5.74) is 2.25. The monoisotopic (exact) mass is 254 g/mol. The van der Waals surface area contributed by atoms with Crippen molar-refractivity contribution in [1.29, 1.82) is 0 Å². The van der Waals surface area contributed by atoms with Gasteiger partial charge in [-0.15, -0.1) is 0 Å². The number of carbonyl (C=O) groups is 1. The van der Waals surface area contributed by atoms with Crippen LogP contribution in [-0.2, 0) is 17.6 Å². The quantitative estimate of drug-likeness (QED) is 0.789. The number of benzene rings is 2. The van der Waals surface area contributed by atoms with Crippen molar-refractivity contribution in [3.05, 3.63) is 65.7 Å². The SMILES string of the molecule is COc1ccc(CC(=O)CCc2ccccc2)cc1. The molecule has 98 valence electrons. The third kappa shape index (κ3) is 4.25. The second-order valence-corrected chi connectivity index (χ2v) is 4.55. The van der Waals surface area contributed by atoms with Crippen LogP contribution in [0.2, 0.25) is 0 Å². The molecule has 0 saturated carbocycles. The Hall–Kier alpha value is -2.09. The van der Waals surface area contributed by atoms with Crippen molar-refractivity contribution in [3.63, 3.8) is 0 Å². The summed E-state index contributed by atoms with van der Waals surface area (Å²) in [6, 6.07) is 17.8. The fraction of sp³-hybridized carbons (Fsp3) is 0.235. The largest absolute Gasteiger partial charge is 0.497 e. The van der Waals surface area contributed by atoms with E-state index < -0.39 is 0 Å². The van der Waals surface area contributed by atoms with Gasteiger partial charge < -0.3 is 4.74 Å². The van der Waals surface area contributed by atoms with Gasteiger partial charge in [-0.25, -0.2) is 0 Å². The van der Waals surface area contributed by atoms with Gasteiger partial charge in [0.05, 0.1) is 7.11 Å². The summed E-state index contributed by atoms with van der Waals surface area (Å²) < 4.78 is 5.09. The Labute approximate surface area is 114 Å². The number of aryl methyl sites for hydroxylation is 1. The second-order valence-electron chi connectivity index (χ2n) is 4.55. The summed E-state index contributed by atoms with van der Waals surface area (Å²) in [5, 5.41) is 0. The van der Waals surface area contributed by atoms with E-state index in [1.165, 1.54) is 5.56 Å². The number of Topliss-reactive ketones (excluding diaryl/α,β-unsaturated/α-hetero) is 1. The van der Waals surface area contributed by atoms with Gasteiger partial charge in [-0.3, -0.25) is 4.79 Å². The molecule has 0 heterocycles. The first-order valence-electron chi connectivity index (χ1n) is 6.46. The summed E-state index contributed by atoms with van der Waals surface area (Å²) >= 11 is 0. The summed E-state index contributed by atoms with van der Waals surface area (Å²) in [6.07, 6.45) is 1.91. The lowest BCUT2D eigenvalue weighted by Gasteiger charge is -2.04. The van der Waals surface area contributed by atoms with Crippen LogP contribution in [0.1, 0.15) is 17.5 Å². The lowest BCUT2D eigenvalue weighted by Crippen LogP contribution is -2.04.